The Labute approximate surface area is 149 Å². The number of nitrogens with one attached hydrogen (secondary N) is 1. The summed E-state index contributed by atoms with van der Waals surface area (Å²) in [6.45, 7) is 6.36. The number of hydrogen-bond acceptors (Lipinski definition) is 8. The Hall–Kier alpha value is -1.93. The van der Waals surface area contributed by atoms with Crippen LogP contribution in [-0.4, -0.2) is 20.4 Å². The van der Waals surface area contributed by atoms with Gasteiger partial charge in [0.05, 0.1) is 5.75 Å². The molecule has 24 heavy (non-hydrogen) atoms. The van der Waals surface area contributed by atoms with Crippen LogP contribution in [0.5, 0.6) is 0 Å². The van der Waals surface area contributed by atoms with E-state index in [0.29, 0.717) is 23.5 Å². The highest BCUT2D eigenvalue weighted by Gasteiger charge is 2.09. The predicted molar refractivity (Wildman–Crippen MR) is 97.0 cm³/mol. The number of nitrogens with zero attached hydrogens (tertiary/aromatic N) is 4. The van der Waals surface area contributed by atoms with Gasteiger partial charge in [-0.05, 0) is 23.6 Å². The number of anilines is 2. The number of benzene rings is 1. The highest BCUT2D eigenvalue weighted by molar-refractivity contribution is 8.00. The quantitative estimate of drug-likeness (QED) is 0.614. The molecule has 0 saturated carbocycles. The van der Waals surface area contributed by atoms with E-state index in [1.54, 1.807) is 11.8 Å². The molecular weight excluding hydrogens is 342 g/mol. The molecule has 0 amide bonds. The van der Waals surface area contributed by atoms with Crippen LogP contribution in [0.2, 0.25) is 0 Å². The van der Waals surface area contributed by atoms with E-state index in [-0.39, 0.29) is 0 Å². The minimum Gasteiger partial charge on any atom is -0.424 e. The molecule has 0 aliphatic rings. The molecule has 0 spiro atoms. The van der Waals surface area contributed by atoms with Gasteiger partial charge in [-0.1, -0.05) is 56.0 Å². The van der Waals surface area contributed by atoms with Crippen molar-refractivity contribution in [1.82, 2.24) is 20.4 Å². The first-order valence-electron chi connectivity index (χ1n) is 7.78. The first kappa shape index (κ1) is 16.9. The second-order valence-electron chi connectivity index (χ2n) is 5.51. The predicted octanol–water partition coefficient (Wildman–Crippen LogP) is 4.64. The van der Waals surface area contributed by atoms with Crippen molar-refractivity contribution in [3.8, 4) is 0 Å². The summed E-state index contributed by atoms with van der Waals surface area (Å²) in [6.07, 6.45) is 0.750. The molecule has 0 bridgehead atoms. The summed E-state index contributed by atoms with van der Waals surface area (Å²) in [6, 6.07) is 8.39. The fraction of sp³-hybridized carbons (Fsp3) is 0.375. The number of aryl methyl sites for hydroxylation is 1. The molecule has 0 aliphatic heterocycles. The first-order chi connectivity index (χ1) is 11.6. The third kappa shape index (κ3) is 4.33. The molecule has 0 aliphatic carbocycles. The van der Waals surface area contributed by atoms with Gasteiger partial charge in [0.2, 0.25) is 16.9 Å². The maximum absolute atomic E-state index is 5.49. The van der Waals surface area contributed by atoms with Crippen LogP contribution in [0.25, 0.3) is 0 Å². The summed E-state index contributed by atoms with van der Waals surface area (Å²) in [7, 11) is 0. The Balaban J connectivity index is 1.56. The van der Waals surface area contributed by atoms with Crippen molar-refractivity contribution >= 4 is 33.9 Å². The second kappa shape index (κ2) is 7.76. The van der Waals surface area contributed by atoms with E-state index in [0.717, 1.165) is 21.6 Å². The molecule has 126 valence electrons. The van der Waals surface area contributed by atoms with Crippen LogP contribution in [0, 0.1) is 0 Å². The van der Waals surface area contributed by atoms with E-state index in [4.69, 9.17) is 4.42 Å². The Morgan fingerprint density at radius 2 is 1.83 bits per heavy atom. The summed E-state index contributed by atoms with van der Waals surface area (Å²) in [5.74, 6) is 2.41. The van der Waals surface area contributed by atoms with Gasteiger partial charge in [0, 0.05) is 12.1 Å². The molecule has 0 fully saturated rings. The van der Waals surface area contributed by atoms with Crippen LogP contribution < -0.4 is 5.32 Å². The Kier molecular flexibility index (Phi) is 5.47. The molecule has 3 aromatic rings. The van der Waals surface area contributed by atoms with Crippen molar-refractivity contribution < 1.29 is 4.42 Å². The van der Waals surface area contributed by atoms with Crippen molar-refractivity contribution in [3.63, 3.8) is 0 Å². The maximum Gasteiger partial charge on any atom is 0.226 e. The zero-order valence-corrected chi connectivity index (χ0v) is 15.4. The molecular formula is C16H19N5OS2. The summed E-state index contributed by atoms with van der Waals surface area (Å²) < 4.78 is 6.35. The van der Waals surface area contributed by atoms with E-state index in [9.17, 15) is 0 Å². The van der Waals surface area contributed by atoms with Crippen molar-refractivity contribution in [1.29, 1.82) is 0 Å². The molecule has 6 nitrogen and oxygen atoms in total. The average molecular weight is 361 g/mol. The lowest BCUT2D eigenvalue weighted by Crippen LogP contribution is -1.91. The van der Waals surface area contributed by atoms with Crippen LogP contribution in [0.3, 0.4) is 0 Å². The summed E-state index contributed by atoms with van der Waals surface area (Å²) in [4.78, 5) is 0. The fourth-order valence-electron chi connectivity index (χ4n) is 2.01. The monoisotopic (exact) mass is 361 g/mol. The lowest BCUT2D eigenvalue weighted by atomic mass is 10.0. The molecule has 3 rings (SSSR count). The first-order valence-corrected chi connectivity index (χ1v) is 9.58. The van der Waals surface area contributed by atoms with Gasteiger partial charge < -0.3 is 9.73 Å². The Bertz CT molecular complexity index is 782. The number of rotatable bonds is 7. The van der Waals surface area contributed by atoms with E-state index < -0.39 is 0 Å². The van der Waals surface area contributed by atoms with Crippen molar-refractivity contribution in [2.75, 3.05) is 5.32 Å². The third-order valence-electron chi connectivity index (χ3n) is 3.37. The van der Waals surface area contributed by atoms with E-state index in [1.165, 1.54) is 16.9 Å². The second-order valence-corrected chi connectivity index (χ2v) is 7.71. The smallest absolute Gasteiger partial charge is 0.226 e. The van der Waals surface area contributed by atoms with Gasteiger partial charge in [-0.25, -0.2) is 0 Å². The molecule has 0 radical (unpaired) electrons. The molecule has 2 heterocycles. The minimum atomic E-state index is 0.529. The zero-order chi connectivity index (χ0) is 16.9. The summed E-state index contributed by atoms with van der Waals surface area (Å²) >= 11 is 3.05. The normalized spacial score (nSPS) is 11.2. The van der Waals surface area contributed by atoms with Gasteiger partial charge in [-0.3, -0.25) is 0 Å². The Morgan fingerprint density at radius 3 is 2.50 bits per heavy atom. The summed E-state index contributed by atoms with van der Waals surface area (Å²) in [5.41, 5.74) is 2.33. The largest absolute Gasteiger partial charge is 0.424 e. The van der Waals surface area contributed by atoms with Crippen LogP contribution in [0.1, 0.15) is 44.0 Å². The standard InChI is InChI=1S/C16H19N5OS2/c1-4-13-18-19-14(22-13)9-23-16-21-20-15(24-16)17-12-7-5-11(6-8-12)10(2)3/h5-8,10H,4,9H2,1-3H3,(H,17,20). The lowest BCUT2D eigenvalue weighted by molar-refractivity contribution is 0.470. The topological polar surface area (TPSA) is 76.7 Å². The highest BCUT2D eigenvalue weighted by atomic mass is 32.2. The number of aromatic nitrogens is 4. The summed E-state index contributed by atoms with van der Waals surface area (Å²) in [5, 5.41) is 20.4. The van der Waals surface area contributed by atoms with Gasteiger partial charge in [-0.2, -0.15) is 0 Å². The molecule has 1 N–H and O–H groups in total. The number of thioether (sulfide) groups is 1. The van der Waals surface area contributed by atoms with E-state index >= 15 is 0 Å². The van der Waals surface area contributed by atoms with Gasteiger partial charge in [-0.15, -0.1) is 20.4 Å². The molecule has 8 heteroatoms. The molecule has 0 saturated heterocycles. The highest BCUT2D eigenvalue weighted by Crippen LogP contribution is 2.30. The average Bonchev–Trinajstić information content (AvgIpc) is 3.22. The van der Waals surface area contributed by atoms with Crippen molar-refractivity contribution in [2.45, 2.75) is 43.2 Å². The maximum atomic E-state index is 5.49. The zero-order valence-electron chi connectivity index (χ0n) is 13.8. The molecule has 1 aromatic carbocycles. The SMILES string of the molecule is CCc1nnc(CSc2nnc(Nc3ccc(C(C)C)cc3)s2)o1. The van der Waals surface area contributed by atoms with E-state index in [2.05, 4.69) is 63.8 Å². The van der Waals surface area contributed by atoms with E-state index in [1.807, 2.05) is 6.92 Å². The van der Waals surface area contributed by atoms with Crippen LogP contribution in [0.4, 0.5) is 10.8 Å². The Morgan fingerprint density at radius 1 is 1.08 bits per heavy atom. The molecule has 0 unspecified atom stereocenters. The van der Waals surface area contributed by atoms with Gasteiger partial charge in [0.15, 0.2) is 4.34 Å². The van der Waals surface area contributed by atoms with Gasteiger partial charge in [0.25, 0.3) is 0 Å². The van der Waals surface area contributed by atoms with Crippen LogP contribution in [-0.2, 0) is 12.2 Å². The lowest BCUT2D eigenvalue weighted by Gasteiger charge is -2.06. The van der Waals surface area contributed by atoms with Crippen molar-refractivity contribution in [2.24, 2.45) is 0 Å². The fourth-order valence-corrected chi connectivity index (χ4v) is 3.62. The minimum absolute atomic E-state index is 0.529. The van der Waals surface area contributed by atoms with Gasteiger partial charge in [0.1, 0.15) is 0 Å². The molecule has 2 aromatic heterocycles. The van der Waals surface area contributed by atoms with Crippen LogP contribution in [0.15, 0.2) is 33.0 Å². The van der Waals surface area contributed by atoms with Crippen LogP contribution >= 0.6 is 23.1 Å². The van der Waals surface area contributed by atoms with Crippen molar-refractivity contribution in [3.05, 3.63) is 41.6 Å². The third-order valence-corrected chi connectivity index (χ3v) is 5.32. The van der Waals surface area contributed by atoms with Gasteiger partial charge >= 0.3 is 0 Å². The number of hydrogen-bond donors (Lipinski definition) is 1. The molecule has 0 atom stereocenters.